The van der Waals surface area contributed by atoms with Gasteiger partial charge in [-0.05, 0) is 44.4 Å². The van der Waals surface area contributed by atoms with Crippen molar-refractivity contribution in [2.45, 2.75) is 49.8 Å². The van der Waals surface area contributed by atoms with Crippen LogP contribution in [0.1, 0.15) is 25.3 Å². The smallest absolute Gasteiger partial charge is 0.243 e. The molecule has 1 aromatic rings. The molecule has 0 spiro atoms. The summed E-state index contributed by atoms with van der Waals surface area (Å²) in [5.74, 6) is 0. The quantitative estimate of drug-likeness (QED) is 0.849. The van der Waals surface area contributed by atoms with Crippen LogP contribution in [-0.4, -0.2) is 50.7 Å². The highest BCUT2D eigenvalue weighted by Gasteiger charge is 2.47. The van der Waals surface area contributed by atoms with Crippen molar-refractivity contribution in [2.75, 3.05) is 19.8 Å². The van der Waals surface area contributed by atoms with Crippen LogP contribution in [0, 0.1) is 6.92 Å². The molecule has 22 heavy (non-hydrogen) atoms. The number of hydrogen-bond donors (Lipinski definition) is 0. The van der Waals surface area contributed by atoms with E-state index in [1.54, 1.807) is 22.5 Å². The van der Waals surface area contributed by atoms with Crippen LogP contribution in [0.4, 0.5) is 0 Å². The molecule has 2 aliphatic rings. The fourth-order valence-corrected chi connectivity index (χ4v) is 5.24. The van der Waals surface area contributed by atoms with Gasteiger partial charge in [-0.15, -0.1) is 0 Å². The molecule has 3 atom stereocenters. The second kappa shape index (κ2) is 6.28. The fraction of sp³-hybridized carbons (Fsp3) is 0.625. The Morgan fingerprint density at radius 1 is 1.36 bits per heavy atom. The molecule has 1 saturated carbocycles. The van der Waals surface area contributed by atoms with Gasteiger partial charge in [0.25, 0.3) is 0 Å². The molecular formula is C16H23NO4S. The summed E-state index contributed by atoms with van der Waals surface area (Å²) in [6, 6.07) is 6.98. The number of benzene rings is 1. The maximum absolute atomic E-state index is 13.0. The molecule has 0 bridgehead atoms. The molecule has 0 radical (unpaired) electrons. The molecule has 122 valence electrons. The number of nitrogens with zero attached hydrogens (tertiary/aromatic N) is 1. The highest BCUT2D eigenvalue weighted by atomic mass is 32.2. The summed E-state index contributed by atoms with van der Waals surface area (Å²) in [6.45, 7) is 5.33. The monoisotopic (exact) mass is 325 g/mol. The highest BCUT2D eigenvalue weighted by molar-refractivity contribution is 7.89. The lowest BCUT2D eigenvalue weighted by atomic mass is 10.1. The van der Waals surface area contributed by atoms with Gasteiger partial charge in [0, 0.05) is 13.2 Å². The zero-order valence-corrected chi connectivity index (χ0v) is 13.9. The average molecular weight is 325 g/mol. The predicted molar refractivity (Wildman–Crippen MR) is 83.2 cm³/mol. The number of aryl methyl sites for hydroxylation is 1. The molecule has 0 unspecified atom stereocenters. The third-order valence-electron chi connectivity index (χ3n) is 4.46. The molecule has 1 aliphatic carbocycles. The Morgan fingerprint density at radius 2 is 2.18 bits per heavy atom. The van der Waals surface area contributed by atoms with Gasteiger partial charge in [-0.1, -0.05) is 12.1 Å². The first-order valence-electron chi connectivity index (χ1n) is 7.85. The Kier molecular flexibility index (Phi) is 4.54. The van der Waals surface area contributed by atoms with Crippen molar-refractivity contribution in [1.82, 2.24) is 4.31 Å². The van der Waals surface area contributed by atoms with E-state index in [-0.39, 0.29) is 18.2 Å². The molecule has 6 heteroatoms. The molecular weight excluding hydrogens is 302 g/mol. The van der Waals surface area contributed by atoms with E-state index < -0.39 is 10.0 Å². The van der Waals surface area contributed by atoms with Crippen LogP contribution < -0.4 is 0 Å². The zero-order chi connectivity index (χ0) is 15.7. The van der Waals surface area contributed by atoms with Gasteiger partial charge in [0.15, 0.2) is 0 Å². The van der Waals surface area contributed by atoms with Gasteiger partial charge in [0.05, 0.1) is 23.6 Å². The highest BCUT2D eigenvalue weighted by Crippen LogP contribution is 2.35. The summed E-state index contributed by atoms with van der Waals surface area (Å²) < 4.78 is 39.1. The van der Waals surface area contributed by atoms with E-state index in [4.69, 9.17) is 9.47 Å². The minimum absolute atomic E-state index is 0.00510. The third-order valence-corrected chi connectivity index (χ3v) is 6.38. The maximum Gasteiger partial charge on any atom is 0.243 e. The van der Waals surface area contributed by atoms with Crippen LogP contribution in [-0.2, 0) is 19.5 Å². The molecule has 0 amide bonds. The standard InChI is InChI=1S/C16H23NO4S/c1-3-20-15-8-7-14-16(15)21-10-9-17(14)22(18,19)13-6-4-5-12(2)11-13/h4-6,11,14-16H,3,7-10H2,1-2H3/t14-,15-,16-/m0/s1. The first-order valence-corrected chi connectivity index (χ1v) is 9.29. The first-order chi connectivity index (χ1) is 10.5. The molecule has 0 N–H and O–H groups in total. The Labute approximate surface area is 132 Å². The second-order valence-corrected chi connectivity index (χ2v) is 7.80. The first kappa shape index (κ1) is 15.9. The van der Waals surface area contributed by atoms with Gasteiger partial charge in [0.2, 0.25) is 10.0 Å². The van der Waals surface area contributed by atoms with Crippen LogP contribution in [0.15, 0.2) is 29.2 Å². The maximum atomic E-state index is 13.0. The third kappa shape index (κ3) is 2.80. The van der Waals surface area contributed by atoms with E-state index in [0.717, 1.165) is 18.4 Å². The largest absolute Gasteiger partial charge is 0.376 e. The molecule has 2 fully saturated rings. The molecule has 5 nitrogen and oxygen atoms in total. The van der Waals surface area contributed by atoms with Crippen LogP contribution in [0.5, 0.6) is 0 Å². The number of morpholine rings is 1. The fourth-order valence-electron chi connectivity index (χ4n) is 3.48. The lowest BCUT2D eigenvalue weighted by Gasteiger charge is -2.38. The predicted octanol–water partition coefficient (Wildman–Crippen LogP) is 1.95. The molecule has 1 aromatic carbocycles. The normalized spacial score (nSPS) is 29.5. The average Bonchev–Trinajstić information content (AvgIpc) is 2.91. The lowest BCUT2D eigenvalue weighted by molar-refractivity contribution is -0.0938. The van der Waals surface area contributed by atoms with Crippen molar-refractivity contribution in [3.8, 4) is 0 Å². The minimum Gasteiger partial charge on any atom is -0.376 e. The van der Waals surface area contributed by atoms with E-state index in [2.05, 4.69) is 0 Å². The number of ether oxygens (including phenoxy) is 2. The number of rotatable bonds is 4. The molecule has 0 aromatic heterocycles. The zero-order valence-electron chi connectivity index (χ0n) is 13.1. The lowest BCUT2D eigenvalue weighted by Crippen LogP contribution is -2.53. The van der Waals surface area contributed by atoms with Crippen LogP contribution in [0.25, 0.3) is 0 Å². The summed E-state index contributed by atoms with van der Waals surface area (Å²) in [7, 11) is -3.48. The Hall–Kier alpha value is -0.950. The summed E-state index contributed by atoms with van der Waals surface area (Å²) >= 11 is 0. The van der Waals surface area contributed by atoms with Crippen molar-refractivity contribution in [3.05, 3.63) is 29.8 Å². The summed E-state index contributed by atoms with van der Waals surface area (Å²) in [6.07, 6.45) is 1.50. The van der Waals surface area contributed by atoms with Crippen molar-refractivity contribution < 1.29 is 17.9 Å². The van der Waals surface area contributed by atoms with Crippen molar-refractivity contribution in [3.63, 3.8) is 0 Å². The van der Waals surface area contributed by atoms with E-state index in [9.17, 15) is 8.42 Å². The van der Waals surface area contributed by atoms with Crippen LogP contribution >= 0.6 is 0 Å². The van der Waals surface area contributed by atoms with Gasteiger partial charge < -0.3 is 9.47 Å². The number of sulfonamides is 1. The summed E-state index contributed by atoms with van der Waals surface area (Å²) in [4.78, 5) is 0.369. The van der Waals surface area contributed by atoms with Gasteiger partial charge >= 0.3 is 0 Å². The Balaban J connectivity index is 1.88. The topological polar surface area (TPSA) is 55.8 Å². The minimum atomic E-state index is -3.48. The Morgan fingerprint density at radius 3 is 2.91 bits per heavy atom. The summed E-state index contributed by atoms with van der Waals surface area (Å²) in [5.41, 5.74) is 0.949. The molecule has 3 rings (SSSR count). The van der Waals surface area contributed by atoms with Gasteiger partial charge in [-0.2, -0.15) is 4.31 Å². The Bertz CT molecular complexity index is 631. The number of hydrogen-bond acceptors (Lipinski definition) is 4. The van der Waals surface area contributed by atoms with Crippen LogP contribution in [0.3, 0.4) is 0 Å². The molecule has 1 aliphatic heterocycles. The van der Waals surface area contributed by atoms with Crippen molar-refractivity contribution in [1.29, 1.82) is 0 Å². The van der Waals surface area contributed by atoms with Gasteiger partial charge in [-0.3, -0.25) is 0 Å². The van der Waals surface area contributed by atoms with Gasteiger partial charge in [-0.25, -0.2) is 8.42 Å². The van der Waals surface area contributed by atoms with Gasteiger partial charge in [0.1, 0.15) is 6.10 Å². The second-order valence-electron chi connectivity index (χ2n) is 5.91. The molecule has 1 heterocycles. The van der Waals surface area contributed by atoms with E-state index in [0.29, 0.717) is 24.7 Å². The molecule has 1 saturated heterocycles. The van der Waals surface area contributed by atoms with Crippen LogP contribution in [0.2, 0.25) is 0 Å². The SMILES string of the molecule is CCO[C@H]1CC[C@H]2[C@@H]1OCCN2S(=O)(=O)c1cccc(C)c1. The van der Waals surface area contributed by atoms with E-state index in [1.165, 1.54) is 0 Å². The van der Waals surface area contributed by atoms with Crippen molar-refractivity contribution >= 4 is 10.0 Å². The number of fused-ring (bicyclic) bond motifs is 1. The van der Waals surface area contributed by atoms with E-state index in [1.807, 2.05) is 19.9 Å². The van der Waals surface area contributed by atoms with E-state index >= 15 is 0 Å². The summed E-state index contributed by atoms with van der Waals surface area (Å²) in [5, 5.41) is 0. The van der Waals surface area contributed by atoms with Crippen molar-refractivity contribution in [2.24, 2.45) is 0 Å².